The Morgan fingerprint density at radius 1 is 1.17 bits per heavy atom. The van der Waals surface area contributed by atoms with E-state index in [1.165, 1.54) is 0 Å². The van der Waals surface area contributed by atoms with E-state index in [-0.39, 0.29) is 6.61 Å². The molecule has 0 fully saturated rings. The SMILES string of the molecule is CC(O)COc1ccc(-c2ccc(NCCNC(=O)O)nc2)cc1. The number of rotatable bonds is 8. The van der Waals surface area contributed by atoms with E-state index in [4.69, 9.17) is 9.84 Å². The first kappa shape index (κ1) is 17.6. The summed E-state index contributed by atoms with van der Waals surface area (Å²) in [5.41, 5.74) is 1.97. The van der Waals surface area contributed by atoms with E-state index < -0.39 is 12.2 Å². The Morgan fingerprint density at radius 3 is 2.46 bits per heavy atom. The van der Waals surface area contributed by atoms with Crippen LogP contribution >= 0.6 is 0 Å². The van der Waals surface area contributed by atoms with E-state index in [0.29, 0.717) is 24.7 Å². The molecule has 0 saturated heterocycles. The maximum absolute atomic E-state index is 10.3. The van der Waals surface area contributed by atoms with Gasteiger partial charge < -0.3 is 25.6 Å². The van der Waals surface area contributed by atoms with Gasteiger partial charge in [-0.25, -0.2) is 9.78 Å². The van der Waals surface area contributed by atoms with E-state index >= 15 is 0 Å². The number of hydrogen-bond acceptors (Lipinski definition) is 5. The molecular weight excluding hydrogens is 310 g/mol. The highest BCUT2D eigenvalue weighted by molar-refractivity contribution is 5.65. The van der Waals surface area contributed by atoms with Gasteiger partial charge in [0.1, 0.15) is 18.2 Å². The lowest BCUT2D eigenvalue weighted by molar-refractivity contribution is 0.123. The Balaban J connectivity index is 1.89. The monoisotopic (exact) mass is 331 g/mol. The molecule has 1 heterocycles. The van der Waals surface area contributed by atoms with Crippen LogP contribution in [0.15, 0.2) is 42.6 Å². The Bertz CT molecular complexity index is 642. The first-order chi connectivity index (χ1) is 11.5. The minimum atomic E-state index is -1.04. The number of anilines is 1. The lowest BCUT2D eigenvalue weighted by Gasteiger charge is -2.09. The van der Waals surface area contributed by atoms with Crippen LogP contribution in [0.2, 0.25) is 0 Å². The second kappa shape index (κ2) is 8.73. The van der Waals surface area contributed by atoms with Gasteiger partial charge in [-0.15, -0.1) is 0 Å². The van der Waals surface area contributed by atoms with Crippen LogP contribution < -0.4 is 15.4 Å². The highest BCUT2D eigenvalue weighted by Crippen LogP contribution is 2.22. The molecule has 1 amide bonds. The van der Waals surface area contributed by atoms with Gasteiger partial charge in [-0.1, -0.05) is 12.1 Å². The number of carboxylic acid groups (broad SMARTS) is 1. The van der Waals surface area contributed by atoms with Crippen molar-refractivity contribution in [3.63, 3.8) is 0 Å². The molecule has 0 aliphatic rings. The molecule has 1 atom stereocenters. The Labute approximate surface area is 140 Å². The summed E-state index contributed by atoms with van der Waals surface area (Å²) >= 11 is 0. The van der Waals surface area contributed by atoms with Crippen LogP contribution in [0, 0.1) is 0 Å². The molecule has 128 valence electrons. The molecular formula is C17H21N3O4. The summed E-state index contributed by atoms with van der Waals surface area (Å²) < 4.78 is 5.43. The second-order valence-electron chi connectivity index (χ2n) is 5.28. The van der Waals surface area contributed by atoms with Crippen LogP contribution in [0.1, 0.15) is 6.92 Å². The number of carbonyl (C=O) groups is 1. The van der Waals surface area contributed by atoms with Crippen molar-refractivity contribution in [2.24, 2.45) is 0 Å². The van der Waals surface area contributed by atoms with Gasteiger partial charge in [0.25, 0.3) is 0 Å². The van der Waals surface area contributed by atoms with Crippen molar-refractivity contribution in [2.45, 2.75) is 13.0 Å². The summed E-state index contributed by atoms with van der Waals surface area (Å²) in [5, 5.41) is 23.0. The smallest absolute Gasteiger partial charge is 0.404 e. The molecule has 24 heavy (non-hydrogen) atoms. The number of benzene rings is 1. The molecule has 1 aromatic heterocycles. The Morgan fingerprint density at radius 2 is 1.88 bits per heavy atom. The standard InChI is InChI=1S/C17H21N3O4/c1-12(21)11-24-15-5-2-13(3-6-15)14-4-7-16(20-10-14)18-8-9-19-17(22)23/h2-7,10,12,19,21H,8-9,11H2,1H3,(H,18,20)(H,22,23). The zero-order chi connectivity index (χ0) is 17.4. The van der Waals surface area contributed by atoms with Gasteiger partial charge in [-0.3, -0.25) is 0 Å². The van der Waals surface area contributed by atoms with Crippen LogP contribution in [0.4, 0.5) is 10.6 Å². The molecule has 1 unspecified atom stereocenters. The third-order valence-corrected chi connectivity index (χ3v) is 3.15. The number of pyridine rings is 1. The quantitative estimate of drug-likeness (QED) is 0.553. The summed E-state index contributed by atoms with van der Waals surface area (Å²) in [4.78, 5) is 14.6. The fourth-order valence-electron chi connectivity index (χ4n) is 1.99. The summed E-state index contributed by atoms with van der Waals surface area (Å²) in [7, 11) is 0. The molecule has 7 heteroatoms. The van der Waals surface area contributed by atoms with Gasteiger partial charge in [0.2, 0.25) is 0 Å². The molecule has 0 aliphatic heterocycles. The average molecular weight is 331 g/mol. The van der Waals surface area contributed by atoms with E-state index in [1.807, 2.05) is 36.4 Å². The normalized spacial score (nSPS) is 11.6. The molecule has 0 spiro atoms. The lowest BCUT2D eigenvalue weighted by atomic mass is 10.1. The van der Waals surface area contributed by atoms with Crippen LogP contribution in [0.3, 0.4) is 0 Å². The summed E-state index contributed by atoms with van der Waals surface area (Å²) in [6.45, 7) is 2.71. The molecule has 2 aromatic rings. The number of ether oxygens (including phenoxy) is 1. The second-order valence-corrected chi connectivity index (χ2v) is 5.28. The first-order valence-electron chi connectivity index (χ1n) is 7.62. The van der Waals surface area contributed by atoms with Crippen molar-refractivity contribution in [1.82, 2.24) is 10.3 Å². The molecule has 0 bridgehead atoms. The Kier molecular flexibility index (Phi) is 6.39. The number of nitrogens with one attached hydrogen (secondary N) is 2. The Hall–Kier alpha value is -2.80. The van der Waals surface area contributed by atoms with Crippen LogP contribution in [0.25, 0.3) is 11.1 Å². The zero-order valence-electron chi connectivity index (χ0n) is 13.4. The number of hydrogen-bond donors (Lipinski definition) is 4. The number of aromatic nitrogens is 1. The van der Waals surface area contributed by atoms with Crippen molar-refractivity contribution in [3.05, 3.63) is 42.6 Å². The average Bonchev–Trinajstić information content (AvgIpc) is 2.58. The van der Waals surface area contributed by atoms with E-state index in [9.17, 15) is 9.90 Å². The number of amides is 1. The minimum Gasteiger partial charge on any atom is -0.491 e. The van der Waals surface area contributed by atoms with Gasteiger partial charge in [0, 0.05) is 24.8 Å². The number of aliphatic hydroxyl groups excluding tert-OH is 1. The fraction of sp³-hybridized carbons (Fsp3) is 0.294. The van der Waals surface area contributed by atoms with Crippen molar-refractivity contribution >= 4 is 11.9 Å². The van der Waals surface area contributed by atoms with Crippen LogP contribution in [0.5, 0.6) is 5.75 Å². The van der Waals surface area contributed by atoms with E-state index in [0.717, 1.165) is 11.1 Å². The zero-order valence-corrected chi connectivity index (χ0v) is 13.4. The van der Waals surface area contributed by atoms with E-state index in [1.54, 1.807) is 13.1 Å². The summed E-state index contributed by atoms with van der Waals surface area (Å²) in [6, 6.07) is 11.3. The topological polar surface area (TPSA) is 104 Å². The maximum atomic E-state index is 10.3. The lowest BCUT2D eigenvalue weighted by Crippen LogP contribution is -2.27. The first-order valence-corrected chi connectivity index (χ1v) is 7.62. The minimum absolute atomic E-state index is 0.262. The van der Waals surface area contributed by atoms with Crippen molar-refractivity contribution in [2.75, 3.05) is 25.0 Å². The predicted octanol–water partition coefficient (Wildman–Crippen LogP) is 2.19. The molecule has 0 saturated carbocycles. The third-order valence-electron chi connectivity index (χ3n) is 3.15. The van der Waals surface area contributed by atoms with Crippen LogP contribution in [-0.2, 0) is 0 Å². The molecule has 0 radical (unpaired) electrons. The summed E-state index contributed by atoms with van der Waals surface area (Å²) in [5.74, 6) is 1.39. The van der Waals surface area contributed by atoms with Gasteiger partial charge >= 0.3 is 6.09 Å². The number of aliphatic hydroxyl groups is 1. The van der Waals surface area contributed by atoms with Crippen molar-refractivity contribution in [3.8, 4) is 16.9 Å². The summed E-state index contributed by atoms with van der Waals surface area (Å²) in [6.07, 6.45) is 0.208. The van der Waals surface area contributed by atoms with Gasteiger partial charge in [-0.2, -0.15) is 0 Å². The molecule has 2 rings (SSSR count). The third kappa shape index (κ3) is 5.77. The van der Waals surface area contributed by atoms with Gasteiger partial charge in [0.05, 0.1) is 6.10 Å². The van der Waals surface area contributed by atoms with Crippen LogP contribution in [-0.4, -0.2) is 47.1 Å². The largest absolute Gasteiger partial charge is 0.491 e. The fourth-order valence-corrected chi connectivity index (χ4v) is 1.99. The molecule has 0 aliphatic carbocycles. The molecule has 4 N–H and O–H groups in total. The molecule has 7 nitrogen and oxygen atoms in total. The predicted molar refractivity (Wildman–Crippen MR) is 91.4 cm³/mol. The maximum Gasteiger partial charge on any atom is 0.404 e. The number of nitrogens with zero attached hydrogens (tertiary/aromatic N) is 1. The van der Waals surface area contributed by atoms with Gasteiger partial charge in [0.15, 0.2) is 0 Å². The van der Waals surface area contributed by atoms with Crippen molar-refractivity contribution in [1.29, 1.82) is 0 Å². The highest BCUT2D eigenvalue weighted by atomic mass is 16.5. The van der Waals surface area contributed by atoms with E-state index in [2.05, 4.69) is 15.6 Å². The highest BCUT2D eigenvalue weighted by Gasteiger charge is 2.02. The van der Waals surface area contributed by atoms with Gasteiger partial charge in [-0.05, 0) is 36.8 Å². The molecule has 1 aromatic carbocycles. The van der Waals surface area contributed by atoms with Crippen molar-refractivity contribution < 1.29 is 19.7 Å².